The Hall–Kier alpha value is -1.26. The zero-order valence-electron chi connectivity index (χ0n) is 12.4. The lowest BCUT2D eigenvalue weighted by Crippen LogP contribution is -2.24. The normalized spacial score (nSPS) is 12.6. The second-order valence-electron chi connectivity index (χ2n) is 5.13. The van der Waals surface area contributed by atoms with E-state index in [1.54, 1.807) is 18.0 Å². The number of hydrogen-bond donors (Lipinski definition) is 2. The van der Waals surface area contributed by atoms with Crippen molar-refractivity contribution in [3.63, 3.8) is 0 Å². The van der Waals surface area contributed by atoms with E-state index < -0.39 is 0 Å². The highest BCUT2D eigenvalue weighted by Gasteiger charge is 2.12. The zero-order chi connectivity index (χ0) is 14.4. The fourth-order valence-corrected chi connectivity index (χ4v) is 3.22. The number of aromatic amines is 1. The Labute approximate surface area is 125 Å². The predicted molar refractivity (Wildman–Crippen MR) is 86.3 cm³/mol. The summed E-state index contributed by atoms with van der Waals surface area (Å²) < 4.78 is 0. The van der Waals surface area contributed by atoms with Crippen LogP contribution in [0.25, 0.3) is 0 Å². The van der Waals surface area contributed by atoms with Gasteiger partial charge in [-0.1, -0.05) is 48.0 Å². The maximum absolute atomic E-state index is 4.28. The van der Waals surface area contributed by atoms with Gasteiger partial charge in [-0.2, -0.15) is 0 Å². The molecule has 3 nitrogen and oxygen atoms in total. The fraction of sp³-hybridized carbons (Fsp3) is 0.438. The molecule has 1 aromatic heterocycles. The molecule has 0 saturated carbocycles. The second-order valence-corrected chi connectivity index (χ2v) is 6.14. The molecule has 0 spiro atoms. The lowest BCUT2D eigenvalue weighted by atomic mass is 10.0. The molecule has 2 N–H and O–H groups in total. The lowest BCUT2D eigenvalue weighted by molar-refractivity contribution is 0.576. The molecule has 1 heterocycles. The number of H-pyrrole nitrogens is 1. The maximum atomic E-state index is 4.28. The van der Waals surface area contributed by atoms with Gasteiger partial charge in [-0.15, -0.1) is 0 Å². The van der Waals surface area contributed by atoms with Crippen LogP contribution in [0.2, 0.25) is 0 Å². The molecular formula is C16H23N3S. The summed E-state index contributed by atoms with van der Waals surface area (Å²) in [6, 6.07) is 7.15. The van der Waals surface area contributed by atoms with Gasteiger partial charge in [-0.3, -0.25) is 0 Å². The van der Waals surface area contributed by atoms with Crippen LogP contribution in [0.1, 0.15) is 36.1 Å². The number of nitrogens with one attached hydrogen (secondary N) is 2. The van der Waals surface area contributed by atoms with Crippen LogP contribution in [0.15, 0.2) is 35.7 Å². The Kier molecular flexibility index (Phi) is 5.68. The van der Waals surface area contributed by atoms with Crippen LogP contribution in [0, 0.1) is 13.8 Å². The summed E-state index contributed by atoms with van der Waals surface area (Å²) in [4.78, 5) is 7.42. The van der Waals surface area contributed by atoms with Crippen molar-refractivity contribution in [2.24, 2.45) is 0 Å². The first-order valence-corrected chi connectivity index (χ1v) is 8.11. The number of aromatic nitrogens is 2. The van der Waals surface area contributed by atoms with Crippen molar-refractivity contribution >= 4 is 11.8 Å². The number of imidazole rings is 1. The molecule has 0 fully saturated rings. The molecule has 2 aromatic rings. The molecule has 0 aliphatic heterocycles. The number of thioether (sulfide) groups is 1. The van der Waals surface area contributed by atoms with E-state index in [1.165, 1.54) is 16.7 Å². The molecule has 1 atom stereocenters. The molecule has 0 saturated heterocycles. The van der Waals surface area contributed by atoms with Crippen molar-refractivity contribution in [1.29, 1.82) is 0 Å². The quantitative estimate of drug-likeness (QED) is 0.760. The van der Waals surface area contributed by atoms with Gasteiger partial charge >= 0.3 is 0 Å². The average Bonchev–Trinajstić information content (AvgIpc) is 2.91. The van der Waals surface area contributed by atoms with Crippen LogP contribution in [0.3, 0.4) is 0 Å². The highest BCUT2D eigenvalue weighted by atomic mass is 32.2. The van der Waals surface area contributed by atoms with Crippen molar-refractivity contribution in [2.75, 3.05) is 12.3 Å². The van der Waals surface area contributed by atoms with Gasteiger partial charge in [0.05, 0.1) is 0 Å². The number of aryl methyl sites for hydroxylation is 2. The molecule has 1 unspecified atom stereocenters. The molecule has 0 bridgehead atoms. The zero-order valence-corrected chi connectivity index (χ0v) is 13.3. The van der Waals surface area contributed by atoms with Crippen LogP contribution in [0.5, 0.6) is 0 Å². The molecule has 20 heavy (non-hydrogen) atoms. The van der Waals surface area contributed by atoms with Crippen LogP contribution in [-0.4, -0.2) is 22.3 Å². The summed E-state index contributed by atoms with van der Waals surface area (Å²) in [5, 5.41) is 4.62. The summed E-state index contributed by atoms with van der Waals surface area (Å²) in [7, 11) is 0. The van der Waals surface area contributed by atoms with E-state index in [2.05, 4.69) is 54.3 Å². The van der Waals surface area contributed by atoms with Crippen LogP contribution in [0.4, 0.5) is 0 Å². The van der Waals surface area contributed by atoms with Crippen LogP contribution < -0.4 is 5.32 Å². The molecule has 4 heteroatoms. The third kappa shape index (κ3) is 4.39. The molecular weight excluding hydrogens is 266 g/mol. The Bertz CT molecular complexity index is 502. The van der Waals surface area contributed by atoms with E-state index >= 15 is 0 Å². The van der Waals surface area contributed by atoms with Gasteiger partial charge in [0.15, 0.2) is 5.16 Å². The molecule has 2 rings (SSSR count). The predicted octanol–water partition coefficient (Wildman–Crippen LogP) is 3.86. The highest BCUT2D eigenvalue weighted by Crippen LogP contribution is 2.24. The SMILES string of the molecule is CCCNC(CSc1ncc[nH]1)c1cc(C)cc(C)c1. The standard InChI is InChI=1S/C16H23N3S/c1-4-5-17-15(11-20-16-18-6-7-19-16)14-9-12(2)8-13(3)10-14/h6-10,15,17H,4-5,11H2,1-3H3,(H,18,19). The van der Waals surface area contributed by atoms with E-state index in [4.69, 9.17) is 0 Å². The number of rotatable bonds is 7. The Morgan fingerprint density at radius 1 is 1.25 bits per heavy atom. The second kappa shape index (κ2) is 7.50. The van der Waals surface area contributed by atoms with Crippen molar-refractivity contribution < 1.29 is 0 Å². The molecule has 0 amide bonds. The van der Waals surface area contributed by atoms with Crippen LogP contribution in [-0.2, 0) is 0 Å². The van der Waals surface area contributed by atoms with Gasteiger partial charge in [0.1, 0.15) is 0 Å². The summed E-state index contributed by atoms with van der Waals surface area (Å²) >= 11 is 1.76. The largest absolute Gasteiger partial charge is 0.340 e. The van der Waals surface area contributed by atoms with E-state index in [0.717, 1.165) is 23.9 Å². The number of nitrogens with zero attached hydrogens (tertiary/aromatic N) is 1. The third-order valence-corrected chi connectivity index (χ3v) is 4.14. The summed E-state index contributed by atoms with van der Waals surface area (Å²) in [5.41, 5.74) is 4.02. The topological polar surface area (TPSA) is 40.7 Å². The van der Waals surface area contributed by atoms with E-state index in [1.807, 2.05) is 6.20 Å². The summed E-state index contributed by atoms with van der Waals surface area (Å²) in [6.45, 7) is 7.56. The average molecular weight is 289 g/mol. The van der Waals surface area contributed by atoms with Crippen molar-refractivity contribution in [3.05, 3.63) is 47.3 Å². The van der Waals surface area contributed by atoms with Gasteiger partial charge in [-0.05, 0) is 32.4 Å². The minimum absolute atomic E-state index is 0.364. The smallest absolute Gasteiger partial charge is 0.165 e. The first-order chi connectivity index (χ1) is 9.69. The highest BCUT2D eigenvalue weighted by molar-refractivity contribution is 7.99. The molecule has 1 aromatic carbocycles. The Morgan fingerprint density at radius 2 is 2.00 bits per heavy atom. The minimum Gasteiger partial charge on any atom is -0.340 e. The Morgan fingerprint density at radius 3 is 2.60 bits per heavy atom. The van der Waals surface area contributed by atoms with Gasteiger partial charge in [0.25, 0.3) is 0 Å². The van der Waals surface area contributed by atoms with E-state index in [0.29, 0.717) is 6.04 Å². The van der Waals surface area contributed by atoms with Gasteiger partial charge < -0.3 is 10.3 Å². The van der Waals surface area contributed by atoms with E-state index in [9.17, 15) is 0 Å². The first kappa shape index (κ1) is 15.1. The van der Waals surface area contributed by atoms with Crippen molar-refractivity contribution in [1.82, 2.24) is 15.3 Å². The third-order valence-electron chi connectivity index (χ3n) is 3.15. The minimum atomic E-state index is 0.364. The van der Waals surface area contributed by atoms with Gasteiger partial charge in [0.2, 0.25) is 0 Å². The fourth-order valence-electron chi connectivity index (χ4n) is 2.29. The summed E-state index contributed by atoms with van der Waals surface area (Å²) in [5.74, 6) is 0.983. The Balaban J connectivity index is 2.09. The lowest BCUT2D eigenvalue weighted by Gasteiger charge is -2.19. The first-order valence-electron chi connectivity index (χ1n) is 7.12. The van der Waals surface area contributed by atoms with Gasteiger partial charge in [0, 0.05) is 24.2 Å². The van der Waals surface area contributed by atoms with E-state index in [-0.39, 0.29) is 0 Å². The molecule has 0 aliphatic rings. The maximum Gasteiger partial charge on any atom is 0.165 e. The molecule has 108 valence electrons. The van der Waals surface area contributed by atoms with Crippen molar-refractivity contribution in [3.8, 4) is 0 Å². The van der Waals surface area contributed by atoms with Crippen molar-refractivity contribution in [2.45, 2.75) is 38.4 Å². The van der Waals surface area contributed by atoms with Gasteiger partial charge in [-0.25, -0.2) is 4.98 Å². The summed E-state index contributed by atoms with van der Waals surface area (Å²) in [6.07, 6.45) is 4.81. The van der Waals surface area contributed by atoms with Crippen LogP contribution >= 0.6 is 11.8 Å². The monoisotopic (exact) mass is 289 g/mol. The molecule has 0 radical (unpaired) electrons. The number of benzene rings is 1. The molecule has 0 aliphatic carbocycles. The number of hydrogen-bond acceptors (Lipinski definition) is 3.